The van der Waals surface area contributed by atoms with Gasteiger partial charge in [-0.3, -0.25) is 9.59 Å². The van der Waals surface area contributed by atoms with Crippen LogP contribution in [0.15, 0.2) is 18.2 Å². The van der Waals surface area contributed by atoms with Crippen molar-refractivity contribution in [2.45, 2.75) is 51.1 Å². The summed E-state index contributed by atoms with van der Waals surface area (Å²) < 4.78 is 13.3. The standard InChI is InChI=1S/C19H23FN2O2/c1-12-10-14(20)3-6-16(12)19(24)21-9-8-17-13(11-21)2-7-18(23)22(17)15-4-5-15/h3,6,10,13,15,17H,2,4-5,7-9,11H2,1H3/t13-,17+/m1/s1. The number of carbonyl (C=O) groups is 2. The molecule has 4 rings (SSSR count). The minimum Gasteiger partial charge on any atom is -0.338 e. The van der Waals surface area contributed by atoms with E-state index < -0.39 is 0 Å². The van der Waals surface area contributed by atoms with E-state index in [2.05, 4.69) is 4.90 Å². The van der Waals surface area contributed by atoms with Gasteiger partial charge in [0.1, 0.15) is 5.82 Å². The van der Waals surface area contributed by atoms with Gasteiger partial charge in [0, 0.05) is 37.2 Å². The highest BCUT2D eigenvalue weighted by Crippen LogP contribution is 2.39. The lowest BCUT2D eigenvalue weighted by atomic mass is 9.83. The molecule has 0 N–H and O–H groups in total. The van der Waals surface area contributed by atoms with Crippen LogP contribution in [0.2, 0.25) is 0 Å². The molecule has 5 heteroatoms. The van der Waals surface area contributed by atoms with Crippen LogP contribution in [0, 0.1) is 18.7 Å². The number of fused-ring (bicyclic) bond motifs is 1. The zero-order valence-electron chi connectivity index (χ0n) is 14.0. The van der Waals surface area contributed by atoms with Crippen LogP contribution >= 0.6 is 0 Å². The second kappa shape index (κ2) is 5.87. The lowest BCUT2D eigenvalue weighted by Crippen LogP contribution is -2.57. The highest BCUT2D eigenvalue weighted by molar-refractivity contribution is 5.95. The Labute approximate surface area is 141 Å². The smallest absolute Gasteiger partial charge is 0.254 e. The van der Waals surface area contributed by atoms with Crippen molar-refractivity contribution in [1.29, 1.82) is 0 Å². The summed E-state index contributed by atoms with van der Waals surface area (Å²) >= 11 is 0. The van der Waals surface area contributed by atoms with Gasteiger partial charge in [-0.05, 0) is 62.3 Å². The molecule has 1 aromatic carbocycles. The fraction of sp³-hybridized carbons (Fsp3) is 0.579. The third-order valence-electron chi connectivity index (χ3n) is 5.71. The Kier molecular flexibility index (Phi) is 3.82. The van der Waals surface area contributed by atoms with Crippen molar-refractivity contribution < 1.29 is 14.0 Å². The largest absolute Gasteiger partial charge is 0.338 e. The summed E-state index contributed by atoms with van der Waals surface area (Å²) in [5, 5.41) is 0. The average Bonchev–Trinajstić information content (AvgIpc) is 3.38. The zero-order chi connectivity index (χ0) is 16.8. The molecule has 2 heterocycles. The third-order valence-corrected chi connectivity index (χ3v) is 5.71. The van der Waals surface area contributed by atoms with Crippen molar-refractivity contribution >= 4 is 11.8 Å². The third kappa shape index (κ3) is 2.70. The van der Waals surface area contributed by atoms with Crippen molar-refractivity contribution in [2.24, 2.45) is 5.92 Å². The molecule has 128 valence electrons. The Morgan fingerprint density at radius 2 is 2.00 bits per heavy atom. The molecule has 0 unspecified atom stereocenters. The molecule has 2 aliphatic heterocycles. The monoisotopic (exact) mass is 330 g/mol. The van der Waals surface area contributed by atoms with Gasteiger partial charge in [-0.25, -0.2) is 4.39 Å². The summed E-state index contributed by atoms with van der Waals surface area (Å²) in [6, 6.07) is 5.10. The van der Waals surface area contributed by atoms with Gasteiger partial charge in [0.25, 0.3) is 5.91 Å². The molecule has 0 radical (unpaired) electrons. The molecule has 1 saturated carbocycles. The van der Waals surface area contributed by atoms with Gasteiger partial charge in [0.2, 0.25) is 5.91 Å². The first-order chi connectivity index (χ1) is 11.5. The van der Waals surface area contributed by atoms with E-state index in [4.69, 9.17) is 0 Å². The number of likely N-dealkylation sites (tertiary alicyclic amines) is 2. The molecule has 0 bridgehead atoms. The van der Waals surface area contributed by atoms with E-state index in [1.165, 1.54) is 12.1 Å². The van der Waals surface area contributed by atoms with Crippen LogP contribution in [0.5, 0.6) is 0 Å². The Hall–Kier alpha value is -1.91. The fourth-order valence-electron chi connectivity index (χ4n) is 4.34. The van der Waals surface area contributed by atoms with Crippen molar-refractivity contribution in [2.75, 3.05) is 13.1 Å². The maximum absolute atomic E-state index is 13.3. The lowest BCUT2D eigenvalue weighted by Gasteiger charge is -2.47. The number of hydrogen-bond acceptors (Lipinski definition) is 2. The average molecular weight is 330 g/mol. The van der Waals surface area contributed by atoms with Gasteiger partial charge in [0.15, 0.2) is 0 Å². The Bertz CT molecular complexity index is 686. The van der Waals surface area contributed by atoms with Crippen LogP contribution in [-0.2, 0) is 4.79 Å². The SMILES string of the molecule is Cc1cc(F)ccc1C(=O)N1CC[C@H]2[C@H](CCC(=O)N2C2CC2)C1. The highest BCUT2D eigenvalue weighted by Gasteiger charge is 2.45. The van der Waals surface area contributed by atoms with E-state index in [1.54, 1.807) is 13.0 Å². The van der Waals surface area contributed by atoms with Gasteiger partial charge in [-0.2, -0.15) is 0 Å². The van der Waals surface area contributed by atoms with Gasteiger partial charge >= 0.3 is 0 Å². The van der Waals surface area contributed by atoms with Crippen LogP contribution in [0.4, 0.5) is 4.39 Å². The van der Waals surface area contributed by atoms with Crippen LogP contribution in [-0.4, -0.2) is 46.8 Å². The maximum atomic E-state index is 13.3. The first-order valence-electron chi connectivity index (χ1n) is 8.91. The normalized spacial score (nSPS) is 27.2. The van der Waals surface area contributed by atoms with Crippen molar-refractivity contribution in [1.82, 2.24) is 9.80 Å². The number of benzene rings is 1. The molecule has 3 fully saturated rings. The fourth-order valence-corrected chi connectivity index (χ4v) is 4.34. The molecule has 3 aliphatic rings. The first kappa shape index (κ1) is 15.6. The van der Waals surface area contributed by atoms with Crippen molar-refractivity contribution in [3.8, 4) is 0 Å². The molecule has 4 nitrogen and oxygen atoms in total. The second-order valence-corrected chi connectivity index (χ2v) is 7.40. The van der Waals surface area contributed by atoms with E-state index in [9.17, 15) is 14.0 Å². The number of nitrogens with zero attached hydrogens (tertiary/aromatic N) is 2. The molecule has 0 aromatic heterocycles. The van der Waals surface area contributed by atoms with Crippen LogP contribution in [0.25, 0.3) is 0 Å². The summed E-state index contributed by atoms with van der Waals surface area (Å²) in [6.07, 6.45) is 4.60. The van der Waals surface area contributed by atoms with E-state index in [1.807, 2.05) is 4.90 Å². The summed E-state index contributed by atoms with van der Waals surface area (Å²) in [5.74, 6) is 0.351. The molecule has 24 heavy (non-hydrogen) atoms. The molecule has 2 amide bonds. The van der Waals surface area contributed by atoms with Gasteiger partial charge in [-0.1, -0.05) is 0 Å². The van der Waals surface area contributed by atoms with E-state index in [-0.39, 0.29) is 11.7 Å². The molecule has 1 aliphatic carbocycles. The number of aryl methyl sites for hydroxylation is 1. The van der Waals surface area contributed by atoms with Crippen LogP contribution in [0.1, 0.15) is 48.0 Å². The van der Waals surface area contributed by atoms with Gasteiger partial charge in [0.05, 0.1) is 0 Å². The molecular formula is C19H23FN2O2. The molecular weight excluding hydrogens is 307 g/mol. The zero-order valence-corrected chi connectivity index (χ0v) is 14.0. The Balaban J connectivity index is 1.50. The number of amides is 2. The van der Waals surface area contributed by atoms with Gasteiger partial charge in [-0.15, -0.1) is 0 Å². The summed E-state index contributed by atoms with van der Waals surface area (Å²) in [6.45, 7) is 3.15. The Morgan fingerprint density at radius 1 is 1.21 bits per heavy atom. The number of halogens is 1. The second-order valence-electron chi connectivity index (χ2n) is 7.40. The van der Waals surface area contributed by atoms with E-state index >= 15 is 0 Å². The summed E-state index contributed by atoms with van der Waals surface area (Å²) in [7, 11) is 0. The number of hydrogen-bond donors (Lipinski definition) is 0. The van der Waals surface area contributed by atoms with Crippen LogP contribution < -0.4 is 0 Å². The van der Waals surface area contributed by atoms with E-state index in [0.29, 0.717) is 54.5 Å². The number of carbonyl (C=O) groups excluding carboxylic acids is 2. The van der Waals surface area contributed by atoms with Crippen molar-refractivity contribution in [3.05, 3.63) is 35.1 Å². The molecule has 2 saturated heterocycles. The predicted octanol–water partition coefficient (Wildman–Crippen LogP) is 2.75. The van der Waals surface area contributed by atoms with Gasteiger partial charge < -0.3 is 9.80 Å². The maximum Gasteiger partial charge on any atom is 0.254 e. The molecule has 1 aromatic rings. The summed E-state index contributed by atoms with van der Waals surface area (Å²) in [4.78, 5) is 29.1. The number of piperidine rings is 2. The predicted molar refractivity (Wildman–Crippen MR) is 88.0 cm³/mol. The molecule has 0 spiro atoms. The number of rotatable bonds is 2. The Morgan fingerprint density at radius 3 is 2.71 bits per heavy atom. The molecule has 2 atom stereocenters. The quantitative estimate of drug-likeness (QED) is 0.836. The topological polar surface area (TPSA) is 40.6 Å². The van der Waals surface area contributed by atoms with Crippen LogP contribution in [0.3, 0.4) is 0 Å². The minimum atomic E-state index is -0.311. The first-order valence-corrected chi connectivity index (χ1v) is 8.91. The van der Waals surface area contributed by atoms with E-state index in [0.717, 1.165) is 25.7 Å². The highest BCUT2D eigenvalue weighted by atomic mass is 19.1. The minimum absolute atomic E-state index is 0.0131. The lowest BCUT2D eigenvalue weighted by molar-refractivity contribution is -0.141. The van der Waals surface area contributed by atoms with Crippen molar-refractivity contribution in [3.63, 3.8) is 0 Å². The summed E-state index contributed by atoms with van der Waals surface area (Å²) in [5.41, 5.74) is 1.27.